The van der Waals surface area contributed by atoms with Crippen molar-refractivity contribution >= 4 is 44.6 Å². The molecule has 0 spiro atoms. The fourth-order valence-electron chi connectivity index (χ4n) is 2.31. The van der Waals surface area contributed by atoms with Crippen LogP contribution in [0.5, 0.6) is 11.5 Å². The van der Waals surface area contributed by atoms with Crippen LogP contribution in [0.2, 0.25) is 10.0 Å². The molecule has 0 radical (unpaired) electrons. The van der Waals surface area contributed by atoms with Gasteiger partial charge in [0.2, 0.25) is 0 Å². The van der Waals surface area contributed by atoms with E-state index in [2.05, 4.69) is 4.72 Å². The van der Waals surface area contributed by atoms with E-state index in [0.717, 1.165) is 30.3 Å². The molecule has 0 saturated heterocycles. The van der Waals surface area contributed by atoms with Gasteiger partial charge in [0.05, 0.1) is 9.95 Å². The van der Waals surface area contributed by atoms with Crippen LogP contribution in [0.1, 0.15) is 0 Å². The van der Waals surface area contributed by atoms with Gasteiger partial charge in [0.15, 0.2) is 0 Å². The molecule has 0 aromatic heterocycles. The van der Waals surface area contributed by atoms with E-state index in [1.54, 1.807) is 0 Å². The molecule has 3 rings (SSSR count). The van der Waals surface area contributed by atoms with E-state index in [1.807, 2.05) is 0 Å². The van der Waals surface area contributed by atoms with Crippen LogP contribution < -0.4 is 9.46 Å². The Morgan fingerprint density at radius 3 is 2.24 bits per heavy atom. The summed E-state index contributed by atoms with van der Waals surface area (Å²) in [6, 6.07) is 12.1. The van der Waals surface area contributed by atoms with E-state index in [4.69, 9.17) is 27.9 Å². The van der Waals surface area contributed by atoms with Crippen molar-refractivity contribution in [3.63, 3.8) is 0 Å². The molecule has 11 heteroatoms. The van der Waals surface area contributed by atoms with Crippen LogP contribution in [0, 0.1) is 15.9 Å². The molecule has 150 valence electrons. The Hall–Kier alpha value is -2.88. The molecule has 0 aliphatic heterocycles. The number of benzene rings is 3. The lowest BCUT2D eigenvalue weighted by Gasteiger charge is -2.14. The number of rotatable bonds is 6. The monoisotopic (exact) mass is 456 g/mol. The molecular formula is C18H11Cl2FN2O5S. The number of nitrogens with zero attached hydrogens (tertiary/aromatic N) is 1. The number of ether oxygens (including phenoxy) is 1. The van der Waals surface area contributed by atoms with Crippen molar-refractivity contribution in [3.05, 3.63) is 86.6 Å². The van der Waals surface area contributed by atoms with Gasteiger partial charge < -0.3 is 4.74 Å². The summed E-state index contributed by atoms with van der Waals surface area (Å²) in [5.41, 5.74) is -0.272. The first kappa shape index (κ1) is 20.8. The van der Waals surface area contributed by atoms with E-state index in [1.165, 1.54) is 30.3 Å². The number of halogens is 3. The van der Waals surface area contributed by atoms with Gasteiger partial charge >= 0.3 is 0 Å². The highest BCUT2D eigenvalue weighted by Crippen LogP contribution is 2.36. The van der Waals surface area contributed by atoms with Crippen molar-refractivity contribution in [3.8, 4) is 11.5 Å². The van der Waals surface area contributed by atoms with Crippen LogP contribution in [0.3, 0.4) is 0 Å². The topological polar surface area (TPSA) is 98.5 Å². The molecule has 0 unspecified atom stereocenters. The zero-order valence-corrected chi connectivity index (χ0v) is 16.6. The summed E-state index contributed by atoms with van der Waals surface area (Å²) in [5, 5.41) is 11.4. The molecular weight excluding hydrogens is 446 g/mol. The number of nitrogens with one attached hydrogen (secondary N) is 1. The number of hydrogen-bond donors (Lipinski definition) is 1. The van der Waals surface area contributed by atoms with Crippen molar-refractivity contribution in [1.29, 1.82) is 0 Å². The number of sulfonamides is 1. The molecule has 0 amide bonds. The first-order valence-corrected chi connectivity index (χ1v) is 10.1. The Labute approximate surface area is 174 Å². The first-order valence-electron chi connectivity index (χ1n) is 7.85. The molecule has 1 N–H and O–H groups in total. The predicted molar refractivity (Wildman–Crippen MR) is 107 cm³/mol. The minimum atomic E-state index is -4.29. The summed E-state index contributed by atoms with van der Waals surface area (Å²) in [6.07, 6.45) is 0. The van der Waals surface area contributed by atoms with Crippen LogP contribution in [-0.2, 0) is 10.0 Å². The van der Waals surface area contributed by atoms with Crippen LogP contribution >= 0.6 is 23.2 Å². The van der Waals surface area contributed by atoms with Crippen molar-refractivity contribution in [2.45, 2.75) is 4.90 Å². The second kappa shape index (κ2) is 8.24. The van der Waals surface area contributed by atoms with Gasteiger partial charge in [-0.05, 0) is 48.5 Å². The SMILES string of the molecule is O=[N+]([O-])c1ccc(Oc2ccc(F)cc2Cl)c(S(=O)(=O)Nc2ccc(Cl)cc2)c1. The van der Waals surface area contributed by atoms with E-state index in [9.17, 15) is 22.9 Å². The molecule has 0 atom stereocenters. The van der Waals surface area contributed by atoms with Crippen molar-refractivity contribution in [2.24, 2.45) is 0 Å². The average molecular weight is 457 g/mol. The lowest BCUT2D eigenvalue weighted by atomic mass is 10.3. The smallest absolute Gasteiger partial charge is 0.271 e. The number of nitro benzene ring substituents is 1. The van der Waals surface area contributed by atoms with Gasteiger partial charge in [-0.3, -0.25) is 14.8 Å². The standard InChI is InChI=1S/C18H11Cl2FN2O5S/c19-11-1-4-13(5-2-11)22-29(26,27)18-10-14(23(24)25)6-8-17(18)28-16-7-3-12(21)9-15(16)20/h1-10,22H. The van der Waals surface area contributed by atoms with Gasteiger partial charge in [0, 0.05) is 22.8 Å². The van der Waals surface area contributed by atoms with Gasteiger partial charge in [-0.2, -0.15) is 0 Å². The summed E-state index contributed by atoms with van der Waals surface area (Å²) in [5.74, 6) is -0.862. The van der Waals surface area contributed by atoms with Crippen LogP contribution in [0.15, 0.2) is 65.6 Å². The van der Waals surface area contributed by atoms with E-state index in [-0.39, 0.29) is 22.2 Å². The van der Waals surface area contributed by atoms with Gasteiger partial charge in [0.25, 0.3) is 15.7 Å². The predicted octanol–water partition coefficient (Wildman–Crippen LogP) is 5.63. The molecule has 0 aliphatic carbocycles. The summed E-state index contributed by atoms with van der Waals surface area (Å²) < 4.78 is 46.8. The Bertz CT molecular complexity index is 1190. The lowest BCUT2D eigenvalue weighted by molar-refractivity contribution is -0.385. The Morgan fingerprint density at radius 2 is 1.62 bits per heavy atom. The van der Waals surface area contributed by atoms with E-state index >= 15 is 0 Å². The van der Waals surface area contributed by atoms with Gasteiger partial charge in [-0.15, -0.1) is 0 Å². The molecule has 7 nitrogen and oxygen atoms in total. The maximum absolute atomic E-state index is 13.2. The quantitative estimate of drug-likeness (QED) is 0.382. The minimum Gasteiger partial charge on any atom is -0.454 e. The minimum absolute atomic E-state index is 0.0233. The van der Waals surface area contributed by atoms with Crippen LogP contribution in [0.25, 0.3) is 0 Å². The third kappa shape index (κ3) is 4.94. The molecule has 3 aromatic rings. The largest absolute Gasteiger partial charge is 0.454 e. The molecule has 29 heavy (non-hydrogen) atoms. The lowest BCUT2D eigenvalue weighted by Crippen LogP contribution is -2.14. The normalized spacial score (nSPS) is 11.1. The van der Waals surface area contributed by atoms with Crippen LogP contribution in [-0.4, -0.2) is 13.3 Å². The first-order chi connectivity index (χ1) is 13.7. The second-order valence-electron chi connectivity index (χ2n) is 5.68. The highest BCUT2D eigenvalue weighted by Gasteiger charge is 2.24. The molecule has 0 aliphatic rings. The Balaban J connectivity index is 2.05. The summed E-state index contributed by atoms with van der Waals surface area (Å²) in [6.45, 7) is 0. The number of anilines is 1. The van der Waals surface area contributed by atoms with Gasteiger partial charge in [-0.1, -0.05) is 23.2 Å². The number of non-ortho nitro benzene ring substituents is 1. The summed E-state index contributed by atoms with van der Waals surface area (Å²) in [4.78, 5) is 9.87. The highest BCUT2D eigenvalue weighted by atomic mass is 35.5. The maximum atomic E-state index is 13.2. The van der Waals surface area contributed by atoms with E-state index < -0.39 is 31.3 Å². The molecule has 0 heterocycles. The molecule has 0 fully saturated rings. The third-order valence-corrected chi connectivity index (χ3v) is 5.59. The maximum Gasteiger partial charge on any atom is 0.271 e. The Kier molecular flexibility index (Phi) is 5.92. The average Bonchev–Trinajstić information content (AvgIpc) is 2.65. The van der Waals surface area contributed by atoms with Crippen molar-refractivity contribution < 1.29 is 22.5 Å². The zero-order valence-electron chi connectivity index (χ0n) is 14.3. The van der Waals surface area contributed by atoms with E-state index in [0.29, 0.717) is 5.02 Å². The summed E-state index contributed by atoms with van der Waals surface area (Å²) >= 11 is 11.7. The van der Waals surface area contributed by atoms with Crippen LogP contribution in [0.4, 0.5) is 15.8 Å². The van der Waals surface area contributed by atoms with Crippen molar-refractivity contribution in [1.82, 2.24) is 0 Å². The molecule has 0 bridgehead atoms. The molecule has 3 aromatic carbocycles. The highest BCUT2D eigenvalue weighted by molar-refractivity contribution is 7.92. The summed E-state index contributed by atoms with van der Waals surface area (Å²) in [7, 11) is -4.29. The third-order valence-electron chi connectivity index (χ3n) is 3.64. The zero-order chi connectivity index (χ0) is 21.2. The molecule has 0 saturated carbocycles. The number of nitro groups is 1. The second-order valence-corrected chi connectivity index (χ2v) is 8.17. The number of hydrogen-bond acceptors (Lipinski definition) is 5. The Morgan fingerprint density at radius 1 is 0.966 bits per heavy atom. The fourth-order valence-corrected chi connectivity index (χ4v) is 3.85. The fraction of sp³-hybridized carbons (Fsp3) is 0. The van der Waals surface area contributed by atoms with Gasteiger partial charge in [0.1, 0.15) is 22.2 Å². The van der Waals surface area contributed by atoms with Gasteiger partial charge in [-0.25, -0.2) is 12.8 Å². The van der Waals surface area contributed by atoms with Crippen molar-refractivity contribution in [2.75, 3.05) is 4.72 Å².